The Morgan fingerprint density at radius 2 is 2.24 bits per heavy atom. The van der Waals surface area contributed by atoms with Crippen LogP contribution in [0.4, 0.5) is 5.82 Å². The largest absolute Gasteiger partial charge is 0.383 e. The molecule has 0 saturated heterocycles. The maximum Gasteiger partial charge on any atom is 0.270 e. The van der Waals surface area contributed by atoms with E-state index in [0.717, 1.165) is 17.8 Å². The summed E-state index contributed by atoms with van der Waals surface area (Å²) in [5.41, 5.74) is 5.62. The lowest BCUT2D eigenvalue weighted by Gasteiger charge is -2.03. The molecule has 0 spiro atoms. The maximum atomic E-state index is 11.9. The van der Waals surface area contributed by atoms with Crippen molar-refractivity contribution in [2.75, 3.05) is 12.3 Å². The van der Waals surface area contributed by atoms with Crippen molar-refractivity contribution in [3.8, 4) is 0 Å². The van der Waals surface area contributed by atoms with E-state index in [9.17, 15) is 9.59 Å². The number of H-pyrrole nitrogens is 1. The lowest BCUT2D eigenvalue weighted by molar-refractivity contribution is 0.0949. The number of rotatable bonds is 6. The van der Waals surface area contributed by atoms with Crippen LogP contribution in [0, 0.1) is 0 Å². The summed E-state index contributed by atoms with van der Waals surface area (Å²) in [4.78, 5) is 34.0. The van der Waals surface area contributed by atoms with Crippen LogP contribution in [0.25, 0.3) is 0 Å². The Bertz CT molecular complexity index is 679. The molecule has 0 fully saturated rings. The van der Waals surface area contributed by atoms with Crippen LogP contribution >= 0.6 is 11.3 Å². The van der Waals surface area contributed by atoms with Crippen LogP contribution < -0.4 is 16.6 Å². The normalized spacial score (nSPS) is 10.5. The van der Waals surface area contributed by atoms with Gasteiger partial charge in [0.1, 0.15) is 17.3 Å². The molecule has 1 amide bonds. The number of amides is 1. The molecule has 4 N–H and O–H groups in total. The molecule has 0 aromatic carbocycles. The number of carbonyl (C=O) groups is 1. The Labute approximate surface area is 125 Å². The number of nitrogens with two attached hydrogens (primary N) is 1. The Morgan fingerprint density at radius 1 is 1.43 bits per heavy atom. The molecular formula is C13H17N5O2S. The first-order valence-corrected chi connectivity index (χ1v) is 7.54. The van der Waals surface area contributed by atoms with Gasteiger partial charge in [-0.05, 0) is 12.8 Å². The van der Waals surface area contributed by atoms with E-state index in [0.29, 0.717) is 24.5 Å². The topological polar surface area (TPSA) is 114 Å². The molecule has 0 saturated carbocycles. The van der Waals surface area contributed by atoms with Gasteiger partial charge in [0.2, 0.25) is 0 Å². The van der Waals surface area contributed by atoms with E-state index in [1.54, 1.807) is 5.38 Å². The van der Waals surface area contributed by atoms with Crippen LogP contribution in [0.3, 0.4) is 0 Å². The van der Waals surface area contributed by atoms with Gasteiger partial charge in [0.25, 0.3) is 11.5 Å². The molecule has 0 aliphatic carbocycles. The summed E-state index contributed by atoms with van der Waals surface area (Å²) < 4.78 is 0. The van der Waals surface area contributed by atoms with Crippen LogP contribution in [-0.2, 0) is 12.8 Å². The Kier molecular flexibility index (Phi) is 5.04. The molecule has 0 aliphatic heterocycles. The van der Waals surface area contributed by atoms with Crippen molar-refractivity contribution in [3.63, 3.8) is 0 Å². The lowest BCUT2D eigenvalue weighted by atomic mass is 10.3. The Balaban J connectivity index is 1.87. The smallest absolute Gasteiger partial charge is 0.270 e. The van der Waals surface area contributed by atoms with Gasteiger partial charge in [-0.1, -0.05) is 6.92 Å². The first kappa shape index (κ1) is 15.2. The van der Waals surface area contributed by atoms with E-state index in [2.05, 4.69) is 27.2 Å². The van der Waals surface area contributed by atoms with Gasteiger partial charge < -0.3 is 16.0 Å². The molecule has 0 unspecified atom stereocenters. The van der Waals surface area contributed by atoms with E-state index >= 15 is 0 Å². The molecule has 2 rings (SSSR count). The number of anilines is 1. The van der Waals surface area contributed by atoms with Crippen molar-refractivity contribution in [2.45, 2.75) is 26.2 Å². The Hall–Kier alpha value is -2.22. The molecule has 8 heteroatoms. The van der Waals surface area contributed by atoms with E-state index in [1.165, 1.54) is 17.4 Å². The van der Waals surface area contributed by atoms with Crippen molar-refractivity contribution in [2.24, 2.45) is 0 Å². The number of nitrogens with one attached hydrogen (secondary N) is 2. The fraction of sp³-hybridized carbons (Fsp3) is 0.385. The van der Waals surface area contributed by atoms with Gasteiger partial charge in [0, 0.05) is 24.4 Å². The van der Waals surface area contributed by atoms with Crippen molar-refractivity contribution >= 4 is 23.1 Å². The minimum Gasteiger partial charge on any atom is -0.383 e. The number of aromatic amines is 1. The minimum absolute atomic E-state index is 0.170. The van der Waals surface area contributed by atoms with Gasteiger partial charge in [-0.2, -0.15) is 0 Å². The lowest BCUT2D eigenvalue weighted by Crippen LogP contribution is -2.27. The second-order valence-corrected chi connectivity index (χ2v) is 5.44. The molecular weight excluding hydrogens is 290 g/mol. The average Bonchev–Trinajstić information content (AvgIpc) is 2.86. The average molecular weight is 307 g/mol. The summed E-state index contributed by atoms with van der Waals surface area (Å²) >= 11 is 1.49. The summed E-state index contributed by atoms with van der Waals surface area (Å²) in [5, 5.41) is 5.46. The summed E-state index contributed by atoms with van der Waals surface area (Å²) in [6.45, 7) is 2.42. The highest BCUT2D eigenvalue weighted by Gasteiger charge is 2.10. The van der Waals surface area contributed by atoms with E-state index < -0.39 is 0 Å². The highest BCUT2D eigenvalue weighted by Crippen LogP contribution is 2.11. The van der Waals surface area contributed by atoms with Crippen molar-refractivity contribution in [3.05, 3.63) is 38.3 Å². The third kappa shape index (κ3) is 4.38. The van der Waals surface area contributed by atoms with Crippen LogP contribution in [0.2, 0.25) is 0 Å². The molecule has 0 bridgehead atoms. The maximum absolute atomic E-state index is 11.9. The zero-order valence-electron chi connectivity index (χ0n) is 11.7. The SMILES string of the molecule is CCCc1nc(C(=O)NCCc2nc(N)cc(=O)[nH]2)cs1. The number of hydrogen-bond donors (Lipinski definition) is 3. The van der Waals surface area contributed by atoms with Crippen molar-refractivity contribution in [1.82, 2.24) is 20.3 Å². The highest BCUT2D eigenvalue weighted by molar-refractivity contribution is 7.09. The van der Waals surface area contributed by atoms with E-state index in [4.69, 9.17) is 5.73 Å². The highest BCUT2D eigenvalue weighted by atomic mass is 32.1. The fourth-order valence-electron chi connectivity index (χ4n) is 1.78. The number of nitrogens with zero attached hydrogens (tertiary/aromatic N) is 2. The number of hydrogen-bond acceptors (Lipinski definition) is 6. The summed E-state index contributed by atoms with van der Waals surface area (Å²) in [6.07, 6.45) is 2.29. The number of aromatic nitrogens is 3. The number of carbonyl (C=O) groups excluding carboxylic acids is 1. The third-order valence-corrected chi connectivity index (χ3v) is 3.61. The van der Waals surface area contributed by atoms with Crippen LogP contribution in [0.5, 0.6) is 0 Å². The predicted octanol–water partition coefficient (Wildman–Crippen LogP) is 0.734. The molecule has 2 aromatic heterocycles. The van der Waals surface area contributed by atoms with Gasteiger partial charge in [-0.3, -0.25) is 9.59 Å². The van der Waals surface area contributed by atoms with Crippen LogP contribution in [-0.4, -0.2) is 27.4 Å². The molecule has 0 atom stereocenters. The fourth-order valence-corrected chi connectivity index (χ4v) is 2.66. The van der Waals surface area contributed by atoms with Gasteiger partial charge in [0.15, 0.2) is 0 Å². The second-order valence-electron chi connectivity index (χ2n) is 4.50. The zero-order valence-corrected chi connectivity index (χ0v) is 12.5. The van der Waals surface area contributed by atoms with E-state index in [-0.39, 0.29) is 17.3 Å². The first-order valence-electron chi connectivity index (χ1n) is 6.66. The van der Waals surface area contributed by atoms with Gasteiger partial charge in [-0.15, -0.1) is 11.3 Å². The molecule has 2 heterocycles. The number of aryl methyl sites for hydroxylation is 1. The molecule has 112 valence electrons. The monoisotopic (exact) mass is 307 g/mol. The van der Waals surface area contributed by atoms with E-state index in [1.807, 2.05) is 0 Å². The summed E-state index contributed by atoms with van der Waals surface area (Å²) in [6, 6.07) is 1.21. The van der Waals surface area contributed by atoms with Crippen LogP contribution in [0.1, 0.15) is 34.7 Å². The number of nitrogen functional groups attached to an aromatic ring is 1. The number of thiazole rings is 1. The second kappa shape index (κ2) is 6.98. The van der Waals surface area contributed by atoms with Crippen LogP contribution in [0.15, 0.2) is 16.2 Å². The van der Waals surface area contributed by atoms with Gasteiger partial charge >= 0.3 is 0 Å². The third-order valence-electron chi connectivity index (χ3n) is 2.71. The summed E-state index contributed by atoms with van der Waals surface area (Å²) in [7, 11) is 0. The first-order chi connectivity index (χ1) is 10.1. The molecule has 21 heavy (non-hydrogen) atoms. The molecule has 0 radical (unpaired) electrons. The zero-order chi connectivity index (χ0) is 15.2. The van der Waals surface area contributed by atoms with Crippen molar-refractivity contribution < 1.29 is 4.79 Å². The van der Waals surface area contributed by atoms with Crippen molar-refractivity contribution in [1.29, 1.82) is 0 Å². The van der Waals surface area contributed by atoms with Gasteiger partial charge in [-0.25, -0.2) is 9.97 Å². The van der Waals surface area contributed by atoms with Gasteiger partial charge in [0.05, 0.1) is 5.01 Å². The quantitative estimate of drug-likeness (QED) is 0.728. The molecule has 7 nitrogen and oxygen atoms in total. The summed E-state index contributed by atoms with van der Waals surface area (Å²) in [5.74, 6) is 0.397. The minimum atomic E-state index is -0.299. The standard InChI is InChI=1S/C13H17N5O2S/c1-2-3-12-16-8(7-21-12)13(20)15-5-4-10-17-9(14)6-11(19)18-10/h6-7H,2-5H2,1H3,(H,15,20)(H3,14,17,18,19). The predicted molar refractivity (Wildman–Crippen MR) is 81.4 cm³/mol. The molecule has 0 aliphatic rings. The Morgan fingerprint density at radius 3 is 2.95 bits per heavy atom. The molecule has 2 aromatic rings.